The molecule has 0 amide bonds. The maximum atomic E-state index is 3.48. The summed E-state index contributed by atoms with van der Waals surface area (Å²) >= 11 is 0. The van der Waals surface area contributed by atoms with Gasteiger partial charge in [-0.15, -0.1) is 0 Å². The number of para-hydroxylation sites is 1. The second kappa shape index (κ2) is 4.53. The lowest BCUT2D eigenvalue weighted by atomic mass is 10.1. The number of hydrogen-bond donors (Lipinski definition) is 1. The number of aromatic nitrogens is 1. The van der Waals surface area contributed by atoms with Gasteiger partial charge in [0.15, 0.2) is 0 Å². The van der Waals surface area contributed by atoms with Crippen molar-refractivity contribution < 1.29 is 0 Å². The number of benzene rings is 1. The molecule has 1 aliphatic heterocycles. The van der Waals surface area contributed by atoms with Crippen LogP contribution in [0.15, 0.2) is 24.3 Å². The first-order chi connectivity index (χ1) is 8.34. The fourth-order valence-corrected chi connectivity index (χ4v) is 2.93. The van der Waals surface area contributed by atoms with Gasteiger partial charge in [-0.3, -0.25) is 0 Å². The Morgan fingerprint density at radius 1 is 1.18 bits per heavy atom. The largest absolute Gasteiger partial charge is 0.358 e. The predicted octanol–water partition coefficient (Wildman–Crippen LogP) is 3.11. The molecule has 1 aromatic carbocycles. The number of aromatic amines is 1. The van der Waals surface area contributed by atoms with E-state index in [1.54, 1.807) is 0 Å². The molecule has 2 heterocycles. The molecule has 1 aromatic heterocycles. The van der Waals surface area contributed by atoms with Crippen molar-refractivity contribution in [2.45, 2.75) is 26.2 Å². The molecule has 1 saturated heterocycles. The molecular weight excluding hydrogens is 208 g/mol. The monoisotopic (exact) mass is 228 g/mol. The van der Waals surface area contributed by atoms with E-state index in [1.807, 2.05) is 0 Å². The molecule has 3 rings (SSSR count). The zero-order chi connectivity index (χ0) is 11.7. The van der Waals surface area contributed by atoms with Crippen molar-refractivity contribution in [3.8, 4) is 0 Å². The molecule has 0 saturated carbocycles. The van der Waals surface area contributed by atoms with E-state index < -0.39 is 0 Å². The Kier molecular flexibility index (Phi) is 2.89. The topological polar surface area (TPSA) is 19.0 Å². The van der Waals surface area contributed by atoms with Crippen molar-refractivity contribution in [3.63, 3.8) is 0 Å². The van der Waals surface area contributed by atoms with E-state index in [4.69, 9.17) is 0 Å². The van der Waals surface area contributed by atoms with Crippen molar-refractivity contribution in [2.75, 3.05) is 19.6 Å². The van der Waals surface area contributed by atoms with Gasteiger partial charge in [-0.05, 0) is 50.9 Å². The predicted molar refractivity (Wildman–Crippen MR) is 72.4 cm³/mol. The van der Waals surface area contributed by atoms with E-state index in [2.05, 4.69) is 41.1 Å². The minimum absolute atomic E-state index is 1.18. The summed E-state index contributed by atoms with van der Waals surface area (Å²) < 4.78 is 0. The van der Waals surface area contributed by atoms with E-state index in [1.165, 1.54) is 61.1 Å². The number of hydrogen-bond acceptors (Lipinski definition) is 1. The van der Waals surface area contributed by atoms with Crippen molar-refractivity contribution >= 4 is 10.9 Å². The number of fused-ring (bicyclic) bond motifs is 1. The van der Waals surface area contributed by atoms with Crippen molar-refractivity contribution in [2.24, 2.45) is 0 Å². The molecule has 0 unspecified atom stereocenters. The van der Waals surface area contributed by atoms with E-state index in [0.717, 1.165) is 0 Å². The number of rotatable bonds is 3. The first-order valence-corrected chi connectivity index (χ1v) is 6.63. The van der Waals surface area contributed by atoms with Crippen molar-refractivity contribution in [3.05, 3.63) is 35.5 Å². The molecular formula is C15H20N2. The molecule has 0 bridgehead atoms. The van der Waals surface area contributed by atoms with Gasteiger partial charge in [-0.2, -0.15) is 0 Å². The number of likely N-dealkylation sites (tertiary alicyclic amines) is 1. The molecule has 1 aliphatic rings. The molecule has 2 heteroatoms. The van der Waals surface area contributed by atoms with Crippen LogP contribution >= 0.6 is 0 Å². The van der Waals surface area contributed by atoms with Gasteiger partial charge in [0.1, 0.15) is 0 Å². The molecule has 2 nitrogen and oxygen atoms in total. The molecule has 0 radical (unpaired) electrons. The zero-order valence-corrected chi connectivity index (χ0v) is 10.5. The minimum atomic E-state index is 1.18. The summed E-state index contributed by atoms with van der Waals surface area (Å²) in [6.07, 6.45) is 3.94. The van der Waals surface area contributed by atoms with E-state index in [-0.39, 0.29) is 0 Å². The van der Waals surface area contributed by atoms with Crippen LogP contribution in [-0.2, 0) is 6.42 Å². The third-order valence-electron chi connectivity index (χ3n) is 3.90. The van der Waals surface area contributed by atoms with Crippen LogP contribution in [0.2, 0.25) is 0 Å². The Balaban J connectivity index is 1.81. The van der Waals surface area contributed by atoms with Crippen LogP contribution in [0.4, 0.5) is 0 Å². The molecule has 0 spiro atoms. The van der Waals surface area contributed by atoms with Crippen LogP contribution in [0.1, 0.15) is 24.1 Å². The molecule has 17 heavy (non-hydrogen) atoms. The Bertz CT molecular complexity index is 507. The summed E-state index contributed by atoms with van der Waals surface area (Å²) in [6.45, 7) is 5.99. The maximum absolute atomic E-state index is 3.48. The average molecular weight is 228 g/mol. The number of nitrogens with zero attached hydrogens (tertiary/aromatic N) is 1. The highest BCUT2D eigenvalue weighted by atomic mass is 15.1. The lowest BCUT2D eigenvalue weighted by Crippen LogP contribution is -2.22. The lowest BCUT2D eigenvalue weighted by Gasteiger charge is -2.14. The smallest absolute Gasteiger partial charge is 0.0458 e. The quantitative estimate of drug-likeness (QED) is 0.855. The molecule has 0 aliphatic carbocycles. The highest BCUT2D eigenvalue weighted by Crippen LogP contribution is 2.22. The van der Waals surface area contributed by atoms with Crippen molar-refractivity contribution in [1.29, 1.82) is 0 Å². The minimum Gasteiger partial charge on any atom is -0.358 e. The molecule has 1 fully saturated rings. The van der Waals surface area contributed by atoms with Crippen LogP contribution in [0.3, 0.4) is 0 Å². The second-order valence-corrected chi connectivity index (χ2v) is 5.07. The van der Waals surface area contributed by atoms with E-state index in [0.29, 0.717) is 0 Å². The van der Waals surface area contributed by atoms with Crippen LogP contribution in [0.5, 0.6) is 0 Å². The Labute approximate surface area is 103 Å². The molecule has 2 aromatic rings. The summed E-state index contributed by atoms with van der Waals surface area (Å²) in [6, 6.07) is 8.64. The standard InChI is InChI=1S/C15H20N2/c1-12-13(8-11-17-9-4-5-10-17)14-6-2-3-7-15(14)16-12/h2-3,6-7,16H,4-5,8-11H2,1H3. The molecule has 0 atom stereocenters. The third kappa shape index (κ3) is 2.09. The van der Waals surface area contributed by atoms with Gasteiger partial charge in [0.2, 0.25) is 0 Å². The normalized spacial score (nSPS) is 17.0. The maximum Gasteiger partial charge on any atom is 0.0458 e. The zero-order valence-electron chi connectivity index (χ0n) is 10.5. The molecule has 1 N–H and O–H groups in total. The lowest BCUT2D eigenvalue weighted by molar-refractivity contribution is 0.343. The van der Waals surface area contributed by atoms with Gasteiger partial charge in [0, 0.05) is 23.1 Å². The average Bonchev–Trinajstić information content (AvgIpc) is 2.93. The first-order valence-electron chi connectivity index (χ1n) is 6.63. The first kappa shape index (κ1) is 10.8. The van der Waals surface area contributed by atoms with Gasteiger partial charge in [0.05, 0.1) is 0 Å². The van der Waals surface area contributed by atoms with Crippen LogP contribution < -0.4 is 0 Å². The highest BCUT2D eigenvalue weighted by Gasteiger charge is 2.13. The fraction of sp³-hybridized carbons (Fsp3) is 0.467. The Morgan fingerprint density at radius 3 is 2.76 bits per heavy atom. The van der Waals surface area contributed by atoms with Crippen LogP contribution in [0, 0.1) is 6.92 Å². The summed E-state index contributed by atoms with van der Waals surface area (Å²) in [5.74, 6) is 0. The summed E-state index contributed by atoms with van der Waals surface area (Å²) in [7, 11) is 0. The van der Waals surface area contributed by atoms with Gasteiger partial charge in [-0.1, -0.05) is 18.2 Å². The van der Waals surface area contributed by atoms with E-state index in [9.17, 15) is 0 Å². The van der Waals surface area contributed by atoms with Gasteiger partial charge in [-0.25, -0.2) is 0 Å². The summed E-state index contributed by atoms with van der Waals surface area (Å²) in [5.41, 5.74) is 4.12. The number of nitrogens with one attached hydrogen (secondary N) is 1. The van der Waals surface area contributed by atoms with Gasteiger partial charge >= 0.3 is 0 Å². The van der Waals surface area contributed by atoms with E-state index >= 15 is 0 Å². The van der Waals surface area contributed by atoms with Crippen LogP contribution in [0.25, 0.3) is 10.9 Å². The fourth-order valence-electron chi connectivity index (χ4n) is 2.93. The highest BCUT2D eigenvalue weighted by molar-refractivity contribution is 5.84. The number of aryl methyl sites for hydroxylation is 1. The second-order valence-electron chi connectivity index (χ2n) is 5.07. The van der Waals surface area contributed by atoms with Gasteiger partial charge < -0.3 is 9.88 Å². The van der Waals surface area contributed by atoms with Crippen LogP contribution in [-0.4, -0.2) is 29.5 Å². The summed E-state index contributed by atoms with van der Waals surface area (Å²) in [5, 5.41) is 1.41. The SMILES string of the molecule is Cc1[nH]c2ccccc2c1CCN1CCCC1. The third-order valence-corrected chi connectivity index (χ3v) is 3.90. The molecule has 90 valence electrons. The Morgan fingerprint density at radius 2 is 1.94 bits per heavy atom. The van der Waals surface area contributed by atoms with Crippen molar-refractivity contribution in [1.82, 2.24) is 9.88 Å². The number of H-pyrrole nitrogens is 1. The van der Waals surface area contributed by atoms with Gasteiger partial charge in [0.25, 0.3) is 0 Å². The summed E-state index contributed by atoms with van der Waals surface area (Å²) in [4.78, 5) is 6.07. The Hall–Kier alpha value is -1.28.